The second kappa shape index (κ2) is 14.7. The molecule has 7 nitrogen and oxygen atoms in total. The van der Waals surface area contributed by atoms with Crippen LogP contribution in [0.1, 0.15) is 69.8 Å². The molecule has 36 heavy (non-hydrogen) atoms. The van der Waals surface area contributed by atoms with Crippen molar-refractivity contribution in [2.45, 2.75) is 70.6 Å². The predicted molar refractivity (Wildman–Crippen MR) is 137 cm³/mol. The number of anilines is 1. The largest absolute Gasteiger partial charge is 0.493 e. The highest BCUT2D eigenvalue weighted by atomic mass is 35.5. The van der Waals surface area contributed by atoms with Gasteiger partial charge in [0.15, 0.2) is 0 Å². The van der Waals surface area contributed by atoms with Gasteiger partial charge < -0.3 is 14.7 Å². The molecule has 3 rings (SSSR count). The average molecular weight is 520 g/mol. The van der Waals surface area contributed by atoms with E-state index in [1.54, 1.807) is 24.5 Å². The molecule has 2 aromatic rings. The number of nitrogens with zero attached hydrogens (tertiary/aromatic N) is 3. The molecule has 0 atom stereocenters. The van der Waals surface area contributed by atoms with E-state index in [0.29, 0.717) is 48.1 Å². The zero-order chi connectivity index (χ0) is 25.8. The number of carboxylic acid groups (broad SMARTS) is 1. The summed E-state index contributed by atoms with van der Waals surface area (Å²) in [6.07, 6.45) is 10.9. The quantitative estimate of drug-likeness (QED) is 0.293. The van der Waals surface area contributed by atoms with Crippen molar-refractivity contribution < 1.29 is 23.8 Å². The standard InChI is InChI=1S/C27H35ClFN3O4/c28-22-18-30-27(31-19-22)32-13-11-20(12-14-32)6-5-15-36-24-10-9-21(25(29)17-24)16-23(33)7-3-1-2-4-8-26(34)35/h9-10,17-20H,1-8,11-16H2,(H,34,35). The summed E-state index contributed by atoms with van der Waals surface area (Å²) in [5.41, 5.74) is 0.384. The molecule has 1 saturated heterocycles. The van der Waals surface area contributed by atoms with Gasteiger partial charge in [-0.25, -0.2) is 14.4 Å². The Labute approximate surface area is 217 Å². The van der Waals surface area contributed by atoms with E-state index in [0.717, 1.165) is 57.6 Å². The molecular formula is C27H35ClFN3O4. The summed E-state index contributed by atoms with van der Waals surface area (Å²) in [5, 5.41) is 9.16. The summed E-state index contributed by atoms with van der Waals surface area (Å²) in [4.78, 5) is 33.4. The van der Waals surface area contributed by atoms with Crippen LogP contribution in [0.2, 0.25) is 5.02 Å². The highest BCUT2D eigenvalue weighted by Gasteiger charge is 2.20. The lowest BCUT2D eigenvalue weighted by atomic mass is 9.92. The third-order valence-corrected chi connectivity index (χ3v) is 6.73. The topological polar surface area (TPSA) is 92.6 Å². The van der Waals surface area contributed by atoms with Crippen LogP contribution in [0.25, 0.3) is 0 Å². The number of ketones is 1. The van der Waals surface area contributed by atoms with Gasteiger partial charge >= 0.3 is 5.97 Å². The number of carboxylic acids is 1. The molecule has 0 bridgehead atoms. The normalized spacial score (nSPS) is 14.1. The van der Waals surface area contributed by atoms with Gasteiger partial charge in [0.2, 0.25) is 5.95 Å². The smallest absolute Gasteiger partial charge is 0.303 e. The van der Waals surface area contributed by atoms with Crippen LogP contribution in [0, 0.1) is 11.7 Å². The zero-order valence-corrected chi connectivity index (χ0v) is 21.4. The number of benzene rings is 1. The first-order valence-corrected chi connectivity index (χ1v) is 13.2. The molecular weight excluding hydrogens is 485 g/mol. The van der Waals surface area contributed by atoms with Crippen LogP contribution in [-0.4, -0.2) is 46.5 Å². The van der Waals surface area contributed by atoms with Gasteiger partial charge in [0.05, 0.1) is 24.0 Å². The number of aliphatic carboxylic acids is 1. The van der Waals surface area contributed by atoms with Crippen molar-refractivity contribution in [1.29, 1.82) is 0 Å². The maximum Gasteiger partial charge on any atom is 0.303 e. The van der Waals surface area contributed by atoms with Crippen molar-refractivity contribution in [3.63, 3.8) is 0 Å². The zero-order valence-electron chi connectivity index (χ0n) is 20.6. The van der Waals surface area contributed by atoms with Gasteiger partial charge in [-0.15, -0.1) is 0 Å². The van der Waals surface area contributed by atoms with Crippen LogP contribution in [-0.2, 0) is 16.0 Å². The van der Waals surface area contributed by atoms with Gasteiger partial charge in [0, 0.05) is 38.4 Å². The van der Waals surface area contributed by atoms with Gasteiger partial charge in [-0.3, -0.25) is 9.59 Å². The molecule has 1 N–H and O–H groups in total. The molecule has 2 heterocycles. The van der Waals surface area contributed by atoms with Gasteiger partial charge in [0.1, 0.15) is 17.3 Å². The number of rotatable bonds is 15. The molecule has 1 aliphatic heterocycles. The number of carbonyl (C=O) groups excluding carboxylic acids is 1. The predicted octanol–water partition coefficient (Wildman–Crippen LogP) is 5.88. The molecule has 1 fully saturated rings. The molecule has 0 saturated carbocycles. The third-order valence-electron chi connectivity index (χ3n) is 6.54. The highest BCUT2D eigenvalue weighted by molar-refractivity contribution is 6.30. The number of ether oxygens (including phenoxy) is 1. The molecule has 0 unspecified atom stereocenters. The minimum Gasteiger partial charge on any atom is -0.493 e. The number of carbonyl (C=O) groups is 2. The second-order valence-corrected chi connectivity index (χ2v) is 9.84. The second-order valence-electron chi connectivity index (χ2n) is 9.40. The van der Waals surface area contributed by atoms with Crippen molar-refractivity contribution in [3.05, 3.63) is 47.0 Å². The molecule has 1 aromatic heterocycles. The Morgan fingerprint density at radius 2 is 1.75 bits per heavy atom. The Kier molecular flexibility index (Phi) is 11.4. The number of aromatic nitrogens is 2. The Bertz CT molecular complexity index is 981. The van der Waals surface area contributed by atoms with Crippen LogP contribution in [0.15, 0.2) is 30.6 Å². The van der Waals surface area contributed by atoms with Crippen molar-refractivity contribution in [2.75, 3.05) is 24.6 Å². The molecule has 0 aliphatic carbocycles. The van der Waals surface area contributed by atoms with E-state index in [1.807, 2.05) is 0 Å². The Morgan fingerprint density at radius 1 is 1.06 bits per heavy atom. The molecule has 0 spiro atoms. The monoisotopic (exact) mass is 519 g/mol. The first kappa shape index (κ1) is 27.8. The fourth-order valence-electron chi connectivity index (χ4n) is 4.47. The summed E-state index contributed by atoms with van der Waals surface area (Å²) >= 11 is 5.86. The number of Topliss-reactive ketones (excluding diaryl/α,β-unsaturated/α-hetero) is 1. The average Bonchev–Trinajstić information content (AvgIpc) is 2.86. The number of halogens is 2. The SMILES string of the molecule is O=C(O)CCCCCCC(=O)Cc1ccc(OCCCC2CCN(c3ncc(Cl)cn3)CC2)cc1F. The van der Waals surface area contributed by atoms with Crippen molar-refractivity contribution >= 4 is 29.3 Å². The van der Waals surface area contributed by atoms with Crippen LogP contribution in [0.4, 0.5) is 10.3 Å². The van der Waals surface area contributed by atoms with Gasteiger partial charge in [-0.1, -0.05) is 30.5 Å². The van der Waals surface area contributed by atoms with E-state index >= 15 is 0 Å². The number of hydrogen-bond acceptors (Lipinski definition) is 6. The summed E-state index contributed by atoms with van der Waals surface area (Å²) in [7, 11) is 0. The van der Waals surface area contributed by atoms with E-state index in [4.69, 9.17) is 21.4 Å². The van der Waals surface area contributed by atoms with E-state index in [1.165, 1.54) is 6.07 Å². The van der Waals surface area contributed by atoms with E-state index < -0.39 is 11.8 Å². The minimum atomic E-state index is -0.795. The fraction of sp³-hybridized carbons (Fsp3) is 0.556. The highest BCUT2D eigenvalue weighted by Crippen LogP contribution is 2.25. The first-order valence-electron chi connectivity index (χ1n) is 12.8. The summed E-state index contributed by atoms with van der Waals surface area (Å²) < 4.78 is 20.2. The van der Waals surface area contributed by atoms with E-state index in [9.17, 15) is 14.0 Å². The summed E-state index contributed by atoms with van der Waals surface area (Å²) in [6, 6.07) is 4.71. The van der Waals surface area contributed by atoms with Crippen LogP contribution in [0.5, 0.6) is 5.75 Å². The van der Waals surface area contributed by atoms with E-state index in [-0.39, 0.29) is 18.6 Å². The fourth-order valence-corrected chi connectivity index (χ4v) is 4.56. The van der Waals surface area contributed by atoms with Crippen molar-refractivity contribution in [2.24, 2.45) is 5.92 Å². The molecule has 1 aromatic carbocycles. The number of unbranched alkanes of at least 4 members (excludes halogenated alkanes) is 3. The molecule has 1 aliphatic rings. The third kappa shape index (κ3) is 9.72. The Morgan fingerprint density at radius 3 is 2.42 bits per heavy atom. The Balaban J connectivity index is 1.29. The molecule has 9 heteroatoms. The lowest BCUT2D eigenvalue weighted by Crippen LogP contribution is -2.34. The maximum atomic E-state index is 14.5. The van der Waals surface area contributed by atoms with Gasteiger partial charge in [-0.2, -0.15) is 0 Å². The minimum absolute atomic E-state index is 0.00512. The van der Waals surface area contributed by atoms with Crippen LogP contribution >= 0.6 is 11.6 Å². The summed E-state index contributed by atoms with van der Waals surface area (Å²) in [5.74, 6) is 0.613. The maximum absolute atomic E-state index is 14.5. The number of piperidine rings is 1. The van der Waals surface area contributed by atoms with Crippen LogP contribution in [0.3, 0.4) is 0 Å². The first-order chi connectivity index (χ1) is 17.4. The molecule has 0 amide bonds. The van der Waals surface area contributed by atoms with Crippen LogP contribution < -0.4 is 9.64 Å². The summed E-state index contributed by atoms with van der Waals surface area (Å²) in [6.45, 7) is 2.37. The Hall–Kier alpha value is -2.74. The molecule has 0 radical (unpaired) electrons. The number of hydrogen-bond donors (Lipinski definition) is 1. The van der Waals surface area contributed by atoms with Crippen molar-refractivity contribution in [3.8, 4) is 5.75 Å². The van der Waals surface area contributed by atoms with Crippen molar-refractivity contribution in [1.82, 2.24) is 9.97 Å². The lowest BCUT2D eigenvalue weighted by Gasteiger charge is -2.31. The lowest BCUT2D eigenvalue weighted by molar-refractivity contribution is -0.137. The van der Waals surface area contributed by atoms with E-state index in [2.05, 4.69) is 14.9 Å². The molecule has 196 valence electrons. The van der Waals surface area contributed by atoms with Gasteiger partial charge in [0.25, 0.3) is 0 Å². The van der Waals surface area contributed by atoms with Gasteiger partial charge in [-0.05, 0) is 56.1 Å².